The maximum Gasteiger partial charge on any atom is 0.274 e. The van der Waals surface area contributed by atoms with E-state index >= 15 is 0 Å². The minimum absolute atomic E-state index is 0.151. The van der Waals surface area contributed by atoms with Crippen molar-refractivity contribution in [2.75, 3.05) is 41.3 Å². The molecule has 0 saturated carbocycles. The van der Waals surface area contributed by atoms with Gasteiger partial charge in [0.15, 0.2) is 0 Å². The van der Waals surface area contributed by atoms with E-state index in [2.05, 4.69) is 32.2 Å². The van der Waals surface area contributed by atoms with Crippen LogP contribution in [0.4, 0.5) is 17.1 Å². The van der Waals surface area contributed by atoms with E-state index in [0.717, 1.165) is 37.6 Å². The molecule has 2 fully saturated rings. The number of hydrogen-bond donors (Lipinski definition) is 1. The maximum atomic E-state index is 12.7. The van der Waals surface area contributed by atoms with Crippen LogP contribution in [0, 0.1) is 0 Å². The Morgan fingerprint density at radius 2 is 1.32 bits per heavy atom. The van der Waals surface area contributed by atoms with Gasteiger partial charge in [-0.3, -0.25) is 9.78 Å². The minimum Gasteiger partial charge on any atom is -0.372 e. The van der Waals surface area contributed by atoms with Crippen LogP contribution in [0.15, 0.2) is 42.6 Å². The second-order valence-corrected chi connectivity index (χ2v) is 7.85. The van der Waals surface area contributed by atoms with Crippen molar-refractivity contribution in [3.8, 4) is 0 Å². The SMILES string of the molecule is O=C(Nc1ccc(N2CCCCC2)cc1)c1cc(N2CCCCCC2)ccn1. The van der Waals surface area contributed by atoms with Crippen molar-refractivity contribution < 1.29 is 4.79 Å². The number of carbonyl (C=O) groups is 1. The van der Waals surface area contributed by atoms with Gasteiger partial charge in [0.05, 0.1) is 0 Å². The van der Waals surface area contributed by atoms with Crippen LogP contribution in [-0.2, 0) is 0 Å². The molecule has 2 aromatic rings. The van der Waals surface area contributed by atoms with Crippen molar-refractivity contribution >= 4 is 23.0 Å². The minimum atomic E-state index is -0.151. The van der Waals surface area contributed by atoms with Gasteiger partial charge in [0.2, 0.25) is 0 Å². The Morgan fingerprint density at radius 3 is 1.96 bits per heavy atom. The number of aromatic nitrogens is 1. The van der Waals surface area contributed by atoms with E-state index < -0.39 is 0 Å². The molecule has 0 bridgehead atoms. The summed E-state index contributed by atoms with van der Waals surface area (Å²) in [5.74, 6) is -0.151. The monoisotopic (exact) mass is 378 g/mol. The van der Waals surface area contributed by atoms with Gasteiger partial charge in [-0.05, 0) is 68.5 Å². The van der Waals surface area contributed by atoms with Crippen LogP contribution in [0.25, 0.3) is 0 Å². The molecular weight excluding hydrogens is 348 g/mol. The highest BCUT2D eigenvalue weighted by molar-refractivity contribution is 6.03. The molecule has 28 heavy (non-hydrogen) atoms. The highest BCUT2D eigenvalue weighted by atomic mass is 16.1. The topological polar surface area (TPSA) is 48.5 Å². The molecule has 4 rings (SSSR count). The van der Waals surface area contributed by atoms with Gasteiger partial charge in [-0.25, -0.2) is 0 Å². The molecule has 2 saturated heterocycles. The Hall–Kier alpha value is -2.56. The van der Waals surface area contributed by atoms with Crippen molar-refractivity contribution in [3.05, 3.63) is 48.3 Å². The van der Waals surface area contributed by atoms with E-state index in [4.69, 9.17) is 0 Å². The lowest BCUT2D eigenvalue weighted by molar-refractivity contribution is 0.102. The Kier molecular flexibility index (Phi) is 6.10. The standard InChI is InChI=1S/C23H30N4O/c28-23(22-18-21(12-13-24-22)27-16-4-1-2-5-17-27)25-19-8-10-20(11-9-19)26-14-6-3-7-15-26/h8-13,18H,1-7,14-17H2,(H,25,28). The first-order valence-corrected chi connectivity index (χ1v) is 10.7. The summed E-state index contributed by atoms with van der Waals surface area (Å²) in [6.45, 7) is 4.36. The Balaban J connectivity index is 1.41. The first kappa shape index (κ1) is 18.8. The molecule has 0 radical (unpaired) electrons. The van der Waals surface area contributed by atoms with Gasteiger partial charge in [0.25, 0.3) is 5.91 Å². The number of piperidine rings is 1. The fourth-order valence-corrected chi connectivity index (χ4v) is 4.17. The average molecular weight is 379 g/mol. The summed E-state index contributed by atoms with van der Waals surface area (Å²) in [6.07, 6.45) is 10.6. The number of hydrogen-bond acceptors (Lipinski definition) is 4. The van der Waals surface area contributed by atoms with Crippen LogP contribution in [0.1, 0.15) is 55.4 Å². The first-order chi connectivity index (χ1) is 13.8. The van der Waals surface area contributed by atoms with Crippen LogP contribution >= 0.6 is 0 Å². The van der Waals surface area contributed by atoms with Crippen LogP contribution in [0.5, 0.6) is 0 Å². The van der Waals surface area contributed by atoms with E-state index in [1.54, 1.807) is 6.20 Å². The van der Waals surface area contributed by atoms with E-state index in [-0.39, 0.29) is 5.91 Å². The molecule has 2 aliphatic heterocycles. The van der Waals surface area contributed by atoms with E-state index in [0.29, 0.717) is 5.69 Å². The Bertz CT molecular complexity index is 775. The van der Waals surface area contributed by atoms with Gasteiger partial charge in [-0.1, -0.05) is 12.8 Å². The van der Waals surface area contributed by atoms with Crippen LogP contribution in [0.2, 0.25) is 0 Å². The average Bonchev–Trinajstić information content (AvgIpc) is 3.05. The van der Waals surface area contributed by atoms with Crippen LogP contribution in [0.3, 0.4) is 0 Å². The lowest BCUT2D eigenvalue weighted by Crippen LogP contribution is -2.29. The molecule has 3 heterocycles. The molecule has 0 unspecified atom stereocenters. The quantitative estimate of drug-likeness (QED) is 0.837. The lowest BCUT2D eigenvalue weighted by Gasteiger charge is -2.28. The van der Waals surface area contributed by atoms with Crippen molar-refractivity contribution in [3.63, 3.8) is 0 Å². The number of nitrogens with one attached hydrogen (secondary N) is 1. The van der Waals surface area contributed by atoms with Crippen LogP contribution in [-0.4, -0.2) is 37.1 Å². The summed E-state index contributed by atoms with van der Waals surface area (Å²) in [5, 5.41) is 2.99. The summed E-state index contributed by atoms with van der Waals surface area (Å²) < 4.78 is 0. The number of anilines is 3. The third kappa shape index (κ3) is 4.64. The van der Waals surface area contributed by atoms with E-state index in [1.807, 2.05) is 24.3 Å². The fraction of sp³-hybridized carbons (Fsp3) is 0.478. The number of pyridine rings is 1. The fourth-order valence-electron chi connectivity index (χ4n) is 4.17. The second-order valence-electron chi connectivity index (χ2n) is 7.85. The summed E-state index contributed by atoms with van der Waals surface area (Å²) in [7, 11) is 0. The smallest absolute Gasteiger partial charge is 0.274 e. The highest BCUT2D eigenvalue weighted by Crippen LogP contribution is 2.23. The third-order valence-electron chi connectivity index (χ3n) is 5.79. The summed E-state index contributed by atoms with van der Waals surface area (Å²) in [5.41, 5.74) is 3.62. The lowest BCUT2D eigenvalue weighted by atomic mass is 10.1. The molecule has 1 N–H and O–H groups in total. The number of nitrogens with zero attached hydrogens (tertiary/aromatic N) is 3. The van der Waals surface area contributed by atoms with Crippen molar-refractivity contribution in [2.45, 2.75) is 44.9 Å². The van der Waals surface area contributed by atoms with E-state index in [9.17, 15) is 4.79 Å². The zero-order chi connectivity index (χ0) is 19.2. The van der Waals surface area contributed by atoms with Crippen molar-refractivity contribution in [2.24, 2.45) is 0 Å². The summed E-state index contributed by atoms with van der Waals surface area (Å²) >= 11 is 0. The first-order valence-electron chi connectivity index (χ1n) is 10.7. The molecule has 1 aromatic heterocycles. The molecule has 5 heteroatoms. The molecule has 1 aromatic carbocycles. The van der Waals surface area contributed by atoms with Gasteiger partial charge in [-0.15, -0.1) is 0 Å². The van der Waals surface area contributed by atoms with Crippen molar-refractivity contribution in [1.29, 1.82) is 0 Å². The van der Waals surface area contributed by atoms with Gasteiger partial charge in [-0.2, -0.15) is 0 Å². The molecule has 2 aliphatic rings. The zero-order valence-electron chi connectivity index (χ0n) is 16.6. The van der Waals surface area contributed by atoms with Gasteiger partial charge < -0.3 is 15.1 Å². The van der Waals surface area contributed by atoms with Gasteiger partial charge in [0.1, 0.15) is 5.69 Å². The van der Waals surface area contributed by atoms with Crippen molar-refractivity contribution in [1.82, 2.24) is 4.98 Å². The largest absolute Gasteiger partial charge is 0.372 e. The number of rotatable bonds is 4. The second kappa shape index (κ2) is 9.09. The number of carbonyl (C=O) groups excluding carboxylic acids is 1. The molecule has 0 aliphatic carbocycles. The predicted molar refractivity (Wildman–Crippen MR) is 115 cm³/mol. The summed E-state index contributed by atoms with van der Waals surface area (Å²) in [6, 6.07) is 12.1. The van der Waals surface area contributed by atoms with Gasteiger partial charge in [0, 0.05) is 49.4 Å². The van der Waals surface area contributed by atoms with Gasteiger partial charge >= 0.3 is 0 Å². The number of amides is 1. The Morgan fingerprint density at radius 1 is 0.750 bits per heavy atom. The third-order valence-corrected chi connectivity index (χ3v) is 5.79. The molecule has 0 atom stereocenters. The molecule has 0 spiro atoms. The molecule has 5 nitrogen and oxygen atoms in total. The normalized spacial score (nSPS) is 17.9. The summed E-state index contributed by atoms with van der Waals surface area (Å²) in [4.78, 5) is 21.8. The zero-order valence-corrected chi connectivity index (χ0v) is 16.6. The van der Waals surface area contributed by atoms with Crippen LogP contribution < -0.4 is 15.1 Å². The maximum absolute atomic E-state index is 12.7. The van der Waals surface area contributed by atoms with E-state index in [1.165, 1.54) is 50.6 Å². The number of benzene rings is 1. The Labute approximate surface area is 167 Å². The molecule has 148 valence electrons. The molecular formula is C23H30N4O. The highest BCUT2D eigenvalue weighted by Gasteiger charge is 2.14. The predicted octanol–water partition coefficient (Wildman–Crippen LogP) is 4.70. The molecule has 1 amide bonds.